The third-order valence-corrected chi connectivity index (χ3v) is 4.48. The minimum absolute atomic E-state index is 0.0703. The van der Waals surface area contributed by atoms with Gasteiger partial charge in [0, 0.05) is 25.2 Å². The van der Waals surface area contributed by atoms with E-state index in [0.717, 1.165) is 37.0 Å². The van der Waals surface area contributed by atoms with Gasteiger partial charge in [0.25, 0.3) is 0 Å². The van der Waals surface area contributed by atoms with Crippen LogP contribution in [0.1, 0.15) is 30.4 Å². The Morgan fingerprint density at radius 2 is 1.95 bits per heavy atom. The van der Waals surface area contributed by atoms with E-state index in [2.05, 4.69) is 4.90 Å². The van der Waals surface area contributed by atoms with Crippen molar-refractivity contribution in [2.24, 2.45) is 17.6 Å². The summed E-state index contributed by atoms with van der Waals surface area (Å²) in [6.45, 7) is 3.04. The van der Waals surface area contributed by atoms with Gasteiger partial charge in [-0.1, -0.05) is 6.42 Å². The highest BCUT2D eigenvalue weighted by atomic mass is 19.1. The molecule has 1 aromatic carbocycles. The molecule has 0 radical (unpaired) electrons. The number of nitrogens with zero attached hydrogens (tertiary/aromatic N) is 1. The zero-order valence-electron chi connectivity index (χ0n) is 11.0. The van der Waals surface area contributed by atoms with Crippen molar-refractivity contribution in [1.29, 1.82) is 5.41 Å². The number of amidine groups is 1. The van der Waals surface area contributed by atoms with E-state index in [9.17, 15) is 4.39 Å². The van der Waals surface area contributed by atoms with Crippen molar-refractivity contribution >= 4 is 5.84 Å². The molecular weight excluding hydrogens is 241 g/mol. The predicted octanol–water partition coefficient (Wildman–Crippen LogP) is 2.34. The molecular formula is C15H20FN3. The molecule has 0 amide bonds. The normalized spacial score (nSPS) is 26.6. The van der Waals surface area contributed by atoms with E-state index in [1.165, 1.54) is 25.3 Å². The van der Waals surface area contributed by atoms with Gasteiger partial charge < -0.3 is 5.73 Å². The maximum atomic E-state index is 13.5. The Morgan fingerprint density at radius 3 is 2.58 bits per heavy atom. The zero-order valence-corrected chi connectivity index (χ0v) is 11.0. The van der Waals surface area contributed by atoms with Gasteiger partial charge in [-0.25, -0.2) is 4.39 Å². The van der Waals surface area contributed by atoms with Crippen molar-refractivity contribution in [3.05, 3.63) is 35.1 Å². The number of nitrogen functional groups attached to an aromatic ring is 1. The van der Waals surface area contributed by atoms with Gasteiger partial charge in [0.1, 0.15) is 11.7 Å². The lowest BCUT2D eigenvalue weighted by Gasteiger charge is -2.17. The van der Waals surface area contributed by atoms with Crippen LogP contribution in [0.25, 0.3) is 0 Å². The first kappa shape index (κ1) is 12.6. The molecule has 0 bridgehead atoms. The molecule has 2 fully saturated rings. The number of nitrogens with one attached hydrogen (secondary N) is 1. The summed E-state index contributed by atoms with van der Waals surface area (Å²) >= 11 is 0. The molecule has 0 spiro atoms. The van der Waals surface area contributed by atoms with E-state index in [-0.39, 0.29) is 11.7 Å². The van der Waals surface area contributed by atoms with Gasteiger partial charge in [-0.05, 0) is 48.4 Å². The smallest absolute Gasteiger partial charge is 0.124 e. The van der Waals surface area contributed by atoms with Crippen molar-refractivity contribution in [3.8, 4) is 0 Å². The first-order chi connectivity index (χ1) is 9.11. The van der Waals surface area contributed by atoms with E-state index in [1.807, 2.05) is 6.07 Å². The molecule has 4 heteroatoms. The highest BCUT2D eigenvalue weighted by Crippen LogP contribution is 2.38. The molecule has 3 nitrogen and oxygen atoms in total. The van der Waals surface area contributed by atoms with E-state index >= 15 is 0 Å². The summed E-state index contributed by atoms with van der Waals surface area (Å²) in [7, 11) is 0. The molecule has 1 heterocycles. The average molecular weight is 261 g/mol. The fraction of sp³-hybridized carbons (Fsp3) is 0.533. The number of likely N-dealkylation sites (tertiary alicyclic amines) is 1. The lowest BCUT2D eigenvalue weighted by Crippen LogP contribution is -2.21. The number of hydrogen-bond acceptors (Lipinski definition) is 2. The molecule has 1 aliphatic carbocycles. The highest BCUT2D eigenvalue weighted by Gasteiger charge is 2.35. The van der Waals surface area contributed by atoms with Gasteiger partial charge >= 0.3 is 0 Å². The second-order valence-electron chi connectivity index (χ2n) is 5.91. The summed E-state index contributed by atoms with van der Waals surface area (Å²) in [6.07, 6.45) is 4.07. The summed E-state index contributed by atoms with van der Waals surface area (Å²) in [4.78, 5) is 2.41. The Balaban J connectivity index is 1.71. The number of fused-ring (bicyclic) bond motifs is 1. The Hall–Kier alpha value is -1.42. The molecule has 0 aromatic heterocycles. The molecule has 19 heavy (non-hydrogen) atoms. The molecule has 2 aliphatic rings. The first-order valence-corrected chi connectivity index (χ1v) is 6.98. The van der Waals surface area contributed by atoms with E-state index in [0.29, 0.717) is 5.56 Å². The van der Waals surface area contributed by atoms with Crippen LogP contribution in [-0.2, 0) is 6.54 Å². The Morgan fingerprint density at radius 1 is 1.26 bits per heavy atom. The topological polar surface area (TPSA) is 53.1 Å². The molecule has 3 N–H and O–H groups in total. The summed E-state index contributed by atoms with van der Waals surface area (Å²) in [5.41, 5.74) is 6.84. The van der Waals surface area contributed by atoms with Gasteiger partial charge in [-0.15, -0.1) is 0 Å². The fourth-order valence-corrected chi connectivity index (χ4v) is 3.62. The molecule has 3 rings (SSSR count). The minimum atomic E-state index is -0.304. The van der Waals surface area contributed by atoms with Gasteiger partial charge in [0.15, 0.2) is 0 Å². The second kappa shape index (κ2) is 4.93. The Bertz CT molecular complexity index is 488. The molecule has 2 unspecified atom stereocenters. The van der Waals surface area contributed by atoms with Crippen molar-refractivity contribution in [2.45, 2.75) is 25.8 Å². The molecule has 1 aromatic rings. The molecule has 2 atom stereocenters. The van der Waals surface area contributed by atoms with Crippen molar-refractivity contribution in [3.63, 3.8) is 0 Å². The van der Waals surface area contributed by atoms with Crippen molar-refractivity contribution in [2.75, 3.05) is 13.1 Å². The monoisotopic (exact) mass is 261 g/mol. The van der Waals surface area contributed by atoms with Gasteiger partial charge in [-0.3, -0.25) is 10.3 Å². The second-order valence-corrected chi connectivity index (χ2v) is 5.91. The average Bonchev–Trinajstić information content (AvgIpc) is 2.88. The summed E-state index contributed by atoms with van der Waals surface area (Å²) in [6, 6.07) is 4.71. The van der Waals surface area contributed by atoms with E-state index in [4.69, 9.17) is 11.1 Å². The van der Waals surface area contributed by atoms with Gasteiger partial charge in [0.2, 0.25) is 0 Å². The largest absolute Gasteiger partial charge is 0.384 e. The highest BCUT2D eigenvalue weighted by molar-refractivity contribution is 5.95. The molecule has 1 saturated heterocycles. The quantitative estimate of drug-likeness (QED) is 0.648. The van der Waals surface area contributed by atoms with E-state index < -0.39 is 0 Å². The Kier molecular flexibility index (Phi) is 3.27. The number of rotatable bonds is 3. The minimum Gasteiger partial charge on any atom is -0.384 e. The van der Waals surface area contributed by atoms with Crippen LogP contribution < -0.4 is 5.73 Å². The van der Waals surface area contributed by atoms with Crippen LogP contribution in [0, 0.1) is 23.1 Å². The standard InChI is InChI=1S/C15H20FN3/c16-14-5-10(4-13(6-14)15(17)18)7-19-8-11-2-1-3-12(11)9-19/h4-6,11-12H,1-3,7-9H2,(H3,17,18). The fourth-order valence-electron chi connectivity index (χ4n) is 3.62. The van der Waals surface area contributed by atoms with Crippen LogP contribution in [0.15, 0.2) is 18.2 Å². The summed E-state index contributed by atoms with van der Waals surface area (Å²) < 4.78 is 13.5. The maximum absolute atomic E-state index is 13.5. The number of benzene rings is 1. The number of hydrogen-bond donors (Lipinski definition) is 2. The summed E-state index contributed by atoms with van der Waals surface area (Å²) in [5, 5.41) is 7.41. The van der Waals surface area contributed by atoms with Crippen LogP contribution >= 0.6 is 0 Å². The number of nitrogens with two attached hydrogens (primary N) is 1. The molecule has 1 saturated carbocycles. The van der Waals surface area contributed by atoms with Gasteiger partial charge in [-0.2, -0.15) is 0 Å². The van der Waals surface area contributed by atoms with Crippen LogP contribution in [0.4, 0.5) is 4.39 Å². The lowest BCUT2D eigenvalue weighted by molar-refractivity contribution is 0.303. The first-order valence-electron chi connectivity index (χ1n) is 6.98. The zero-order chi connectivity index (χ0) is 13.4. The Labute approximate surface area is 113 Å². The van der Waals surface area contributed by atoms with E-state index in [1.54, 1.807) is 6.07 Å². The van der Waals surface area contributed by atoms with Gasteiger partial charge in [0.05, 0.1) is 0 Å². The van der Waals surface area contributed by atoms with Crippen LogP contribution in [0.5, 0.6) is 0 Å². The third kappa shape index (κ3) is 2.63. The maximum Gasteiger partial charge on any atom is 0.124 e. The lowest BCUT2D eigenvalue weighted by atomic mass is 10.0. The SMILES string of the molecule is N=C(N)c1cc(F)cc(CN2CC3CCCC3C2)c1. The number of halogens is 1. The molecule has 1 aliphatic heterocycles. The molecule has 102 valence electrons. The van der Waals surface area contributed by atoms with Crippen LogP contribution in [0.3, 0.4) is 0 Å². The van der Waals surface area contributed by atoms with Crippen LogP contribution in [0.2, 0.25) is 0 Å². The van der Waals surface area contributed by atoms with Crippen molar-refractivity contribution in [1.82, 2.24) is 4.90 Å². The van der Waals surface area contributed by atoms with Crippen LogP contribution in [-0.4, -0.2) is 23.8 Å². The predicted molar refractivity (Wildman–Crippen MR) is 73.5 cm³/mol. The van der Waals surface area contributed by atoms with Crippen molar-refractivity contribution < 1.29 is 4.39 Å². The summed E-state index contributed by atoms with van der Waals surface area (Å²) in [5.74, 6) is 1.32. The third-order valence-electron chi connectivity index (χ3n) is 4.48.